The van der Waals surface area contributed by atoms with Gasteiger partial charge >= 0.3 is 5.97 Å². The van der Waals surface area contributed by atoms with Gasteiger partial charge in [-0.25, -0.2) is 4.79 Å². The fraction of sp³-hybridized carbons (Fsp3) is 0.278. The molecule has 0 amide bonds. The van der Waals surface area contributed by atoms with Crippen molar-refractivity contribution >= 4 is 5.97 Å². The van der Waals surface area contributed by atoms with Crippen molar-refractivity contribution < 1.29 is 14.3 Å². The first-order valence-electron chi connectivity index (χ1n) is 7.10. The molecule has 2 aromatic rings. The molecule has 0 aromatic heterocycles. The largest absolute Gasteiger partial charge is 0.493 e. The van der Waals surface area contributed by atoms with Crippen LogP contribution in [0.4, 0.5) is 0 Å². The van der Waals surface area contributed by atoms with Crippen LogP contribution in [-0.4, -0.2) is 12.6 Å². The summed E-state index contributed by atoms with van der Waals surface area (Å²) in [6.45, 7) is 4.96. The van der Waals surface area contributed by atoms with Crippen LogP contribution in [0.2, 0.25) is 0 Å². The molecule has 0 saturated carbocycles. The molecule has 3 nitrogen and oxygen atoms in total. The Bertz CT molecular complexity index is 567. The fourth-order valence-corrected chi connectivity index (χ4v) is 1.65. The summed E-state index contributed by atoms with van der Waals surface area (Å²) in [5.41, 5.74) is 0.499. The second-order valence-electron chi connectivity index (χ2n) is 4.97. The smallest absolute Gasteiger partial charge is 0.341 e. The zero-order valence-electron chi connectivity index (χ0n) is 13.0. The van der Waals surface area contributed by atoms with E-state index in [1.165, 1.54) is 0 Å². The summed E-state index contributed by atoms with van der Waals surface area (Å²) < 4.78 is 10.9. The van der Waals surface area contributed by atoms with Gasteiger partial charge in [0.25, 0.3) is 0 Å². The minimum atomic E-state index is -0.380. The van der Waals surface area contributed by atoms with Gasteiger partial charge in [-0.1, -0.05) is 20.3 Å². The number of ether oxygens (including phenoxy) is 2. The molecule has 2 rings (SSSR count). The minimum Gasteiger partial charge on any atom is -0.493 e. The van der Waals surface area contributed by atoms with Crippen molar-refractivity contribution in [3.63, 3.8) is 0 Å². The van der Waals surface area contributed by atoms with Crippen molar-refractivity contribution in [1.82, 2.24) is 0 Å². The summed E-state index contributed by atoms with van der Waals surface area (Å²) in [7, 11) is 0. The molecule has 0 radical (unpaired) electrons. The molecule has 4 heteroatoms. The standard InChI is InChI=1S/C18H19O3.Rf/c1-3-14(2)13-20-16-11-9-15(10-12-16)18(19)21-17-7-5-4-6-8-17;/h5-12,14H,3,13H2,1-2H3;/q-1;. The molecule has 0 aliphatic carbocycles. The van der Waals surface area contributed by atoms with Crippen molar-refractivity contribution in [2.45, 2.75) is 20.3 Å². The quantitative estimate of drug-likeness (QED) is 0.309. The molecule has 0 N–H and O–H groups in total. The Morgan fingerprint density at radius 1 is 1.09 bits per heavy atom. The molecular formula is C18H19O3Rf-. The Morgan fingerprint density at radius 2 is 1.73 bits per heavy atom. The monoisotopic (exact) mass is 550 g/mol. The molecule has 2 aromatic carbocycles. The average molecular weight is 550 g/mol. The summed E-state index contributed by atoms with van der Waals surface area (Å²) in [6, 6.07) is 16.7. The molecule has 112 valence electrons. The minimum absolute atomic E-state index is 0. The first-order chi connectivity index (χ1) is 10.2. The molecule has 0 heterocycles. The molecule has 0 spiro atoms. The van der Waals surface area contributed by atoms with Crippen LogP contribution in [0.3, 0.4) is 0 Å². The van der Waals surface area contributed by atoms with Crippen molar-refractivity contribution in [3.8, 4) is 11.5 Å². The Kier molecular flexibility index (Phi) is 6.17. The van der Waals surface area contributed by atoms with E-state index in [-0.39, 0.29) is 5.97 Å². The Balaban J connectivity index is 0.00000242. The third-order valence-corrected chi connectivity index (χ3v) is 3.22. The molecule has 1 atom stereocenters. The van der Waals surface area contributed by atoms with Gasteiger partial charge < -0.3 is 9.47 Å². The van der Waals surface area contributed by atoms with Gasteiger partial charge in [-0.2, -0.15) is 18.2 Å². The second-order valence-corrected chi connectivity index (χ2v) is 4.97. The van der Waals surface area contributed by atoms with Crippen LogP contribution in [0.15, 0.2) is 48.5 Å². The van der Waals surface area contributed by atoms with Crippen LogP contribution in [0.25, 0.3) is 0 Å². The van der Waals surface area contributed by atoms with Crippen LogP contribution in [0, 0.1) is 12.0 Å². The van der Waals surface area contributed by atoms with Crippen molar-refractivity contribution in [1.29, 1.82) is 0 Å². The van der Waals surface area contributed by atoms with Crippen LogP contribution < -0.4 is 9.47 Å². The normalized spacial score (nSPS) is 11.2. The van der Waals surface area contributed by atoms with Gasteiger partial charge in [-0.15, -0.1) is 12.1 Å². The number of benzene rings is 2. The third kappa shape index (κ3) is 4.67. The van der Waals surface area contributed by atoms with E-state index in [1.54, 1.807) is 48.5 Å². The van der Waals surface area contributed by atoms with Crippen molar-refractivity contribution in [2.24, 2.45) is 5.92 Å². The zero-order chi connectivity index (χ0) is 15.1. The van der Waals surface area contributed by atoms with E-state index in [4.69, 9.17) is 9.47 Å². The van der Waals surface area contributed by atoms with Gasteiger partial charge in [0, 0.05) is 5.75 Å². The second kappa shape index (κ2) is 8.10. The Labute approximate surface area is 125 Å². The Hall–Kier alpha value is -3.29. The van der Waals surface area contributed by atoms with E-state index in [1.807, 2.05) is 0 Å². The zero-order valence-corrected chi connectivity index (χ0v) is 19.4. The van der Waals surface area contributed by atoms with Gasteiger partial charge in [0.05, 0.1) is 12.2 Å². The van der Waals surface area contributed by atoms with E-state index in [9.17, 15) is 4.79 Å². The number of carbonyl (C=O) groups is 1. The first-order valence-corrected chi connectivity index (χ1v) is 7.10. The van der Waals surface area contributed by atoms with E-state index in [0.29, 0.717) is 23.8 Å². The number of hydrogen-bond donors (Lipinski definition) is 0. The van der Waals surface area contributed by atoms with Crippen LogP contribution in [-0.2, 0) is 0 Å². The van der Waals surface area contributed by atoms with Gasteiger partial charge in [0.1, 0.15) is 5.75 Å². The number of esters is 1. The SMILES string of the molecule is CCC(C)COc1ccc(C(=O)Oc2cc[c-]cc2)cc1.[Rf]. The van der Waals surface area contributed by atoms with Crippen LogP contribution in [0.1, 0.15) is 30.6 Å². The van der Waals surface area contributed by atoms with Gasteiger partial charge in [-0.05, 0) is 30.2 Å². The molecule has 1 unspecified atom stereocenters. The maximum absolute atomic E-state index is 12.0. The van der Waals surface area contributed by atoms with Gasteiger partial charge in [0.15, 0.2) is 0 Å². The topological polar surface area (TPSA) is 35.5 Å². The summed E-state index contributed by atoms with van der Waals surface area (Å²) in [6.07, 6.45) is 1.08. The Morgan fingerprint density at radius 3 is 2.32 bits per heavy atom. The van der Waals surface area contributed by atoms with Crippen molar-refractivity contribution in [3.05, 3.63) is 60.2 Å². The van der Waals surface area contributed by atoms with E-state index in [0.717, 1.165) is 12.2 Å². The van der Waals surface area contributed by atoms with E-state index < -0.39 is 0 Å². The molecule has 0 aliphatic rings. The third-order valence-electron chi connectivity index (χ3n) is 3.22. The molecule has 0 saturated heterocycles. The first kappa shape index (κ1) is 16.8. The summed E-state index contributed by atoms with van der Waals surface area (Å²) >= 11 is 0. The number of carbonyl (C=O) groups excluding carboxylic acids is 1. The van der Waals surface area contributed by atoms with Crippen molar-refractivity contribution in [2.75, 3.05) is 6.61 Å². The van der Waals surface area contributed by atoms with Gasteiger partial charge in [-0.3, -0.25) is 0 Å². The molecule has 0 aliphatic heterocycles. The van der Waals surface area contributed by atoms with Crippen LogP contribution >= 0.6 is 0 Å². The maximum Gasteiger partial charge on any atom is 0.341 e. The summed E-state index contributed by atoms with van der Waals surface area (Å²) in [4.78, 5) is 12.0. The number of rotatable bonds is 6. The average Bonchev–Trinajstić information content (AvgIpc) is 2.54. The number of hydrogen-bond acceptors (Lipinski definition) is 3. The predicted molar refractivity (Wildman–Crippen MR) is 81.6 cm³/mol. The van der Waals surface area contributed by atoms with Crippen LogP contribution in [0.5, 0.6) is 11.5 Å². The molecular weight excluding hydrogens is 531 g/mol. The summed E-state index contributed by atoms with van der Waals surface area (Å²) in [5, 5.41) is 0. The molecule has 0 fully saturated rings. The van der Waals surface area contributed by atoms with E-state index >= 15 is 0 Å². The van der Waals surface area contributed by atoms with Gasteiger partial charge in [0.2, 0.25) is 0 Å². The maximum atomic E-state index is 12.0. The fourth-order valence-electron chi connectivity index (χ4n) is 1.65. The molecule has 0 bridgehead atoms. The molecule has 22 heavy (non-hydrogen) atoms. The van der Waals surface area contributed by atoms with E-state index in [2.05, 4.69) is 19.9 Å². The predicted octanol–water partition coefficient (Wildman–Crippen LogP) is 4.13. The summed E-state index contributed by atoms with van der Waals surface area (Å²) in [5.74, 6) is 1.41.